The molecule has 0 aromatic heterocycles. The Labute approximate surface area is 156 Å². The number of carbonyl (C=O) groups is 2. The summed E-state index contributed by atoms with van der Waals surface area (Å²) >= 11 is 0. The molecule has 1 aromatic carbocycles. The molecule has 0 saturated carbocycles. The van der Waals surface area contributed by atoms with Gasteiger partial charge < -0.3 is 10.1 Å². The first-order valence-electron chi connectivity index (χ1n) is 7.91. The van der Waals surface area contributed by atoms with Gasteiger partial charge in [0, 0.05) is 6.42 Å². The fourth-order valence-corrected chi connectivity index (χ4v) is 2.33. The Morgan fingerprint density at radius 3 is 2.07 bits per heavy atom. The van der Waals surface area contributed by atoms with E-state index in [1.54, 1.807) is 0 Å². The van der Waals surface area contributed by atoms with Crippen LogP contribution in [0, 0.1) is 11.3 Å². The fourth-order valence-electron chi connectivity index (χ4n) is 2.33. The van der Waals surface area contributed by atoms with Gasteiger partial charge in [-0.25, -0.2) is 4.79 Å². The number of amides is 1. The molecule has 1 amide bonds. The van der Waals surface area contributed by atoms with E-state index in [0.717, 1.165) is 7.11 Å². The van der Waals surface area contributed by atoms with Gasteiger partial charge in [0.15, 0.2) is 0 Å². The number of hydrogen-bond acceptors (Lipinski definition) is 4. The molecular weight excluding hydrogens is 394 g/mol. The molecule has 5 nitrogen and oxygen atoms in total. The minimum absolute atomic E-state index is 0.0301. The average molecular weight is 410 g/mol. The average Bonchev–Trinajstić information content (AvgIpc) is 2.58. The molecular formula is C17H16F6N2O3. The molecule has 1 rings (SSSR count). The molecule has 0 aliphatic heterocycles. The van der Waals surface area contributed by atoms with E-state index in [2.05, 4.69) is 10.1 Å². The molecule has 11 heteroatoms. The zero-order valence-electron chi connectivity index (χ0n) is 14.6. The van der Waals surface area contributed by atoms with E-state index in [1.165, 1.54) is 0 Å². The zero-order valence-corrected chi connectivity index (χ0v) is 14.6. The number of halogens is 6. The smallest absolute Gasteiger partial charge is 0.416 e. The van der Waals surface area contributed by atoms with E-state index in [-0.39, 0.29) is 25.3 Å². The van der Waals surface area contributed by atoms with Gasteiger partial charge in [-0.1, -0.05) is 0 Å². The summed E-state index contributed by atoms with van der Waals surface area (Å²) in [6.07, 6.45) is -10.5. The second-order valence-electron chi connectivity index (χ2n) is 5.78. The summed E-state index contributed by atoms with van der Waals surface area (Å²) in [5, 5.41) is 10.7. The van der Waals surface area contributed by atoms with E-state index in [9.17, 15) is 35.9 Å². The first-order valence-corrected chi connectivity index (χ1v) is 7.91. The van der Waals surface area contributed by atoms with E-state index in [4.69, 9.17) is 5.26 Å². The number of hydrogen-bond donors (Lipinski definition) is 1. The number of ether oxygens (including phenoxy) is 1. The van der Waals surface area contributed by atoms with Gasteiger partial charge in [0.25, 0.3) is 0 Å². The van der Waals surface area contributed by atoms with E-state index < -0.39 is 53.4 Å². The number of alkyl halides is 6. The summed E-state index contributed by atoms with van der Waals surface area (Å²) in [7, 11) is 1.05. The molecule has 0 bridgehead atoms. The molecule has 28 heavy (non-hydrogen) atoms. The highest BCUT2D eigenvalue weighted by Crippen LogP contribution is 2.36. The van der Waals surface area contributed by atoms with Crippen LogP contribution in [0.3, 0.4) is 0 Å². The van der Waals surface area contributed by atoms with Crippen LogP contribution in [0.2, 0.25) is 0 Å². The van der Waals surface area contributed by atoms with Crippen molar-refractivity contribution in [3.05, 3.63) is 34.9 Å². The van der Waals surface area contributed by atoms with E-state index in [1.807, 2.05) is 6.07 Å². The second-order valence-corrected chi connectivity index (χ2v) is 5.78. The van der Waals surface area contributed by atoms with Crippen LogP contribution in [-0.4, -0.2) is 25.0 Å². The zero-order chi connectivity index (χ0) is 21.5. The summed E-state index contributed by atoms with van der Waals surface area (Å²) in [4.78, 5) is 23.7. The standard InChI is InChI=1S/C17H16F6N2O3/c1-28-15(27)13(4-2-3-5-24)25-14(26)8-10-6-11(16(18,19)20)9-12(7-10)17(21,22)23/h6-7,9,13H,2-4,8H2,1H3,(H,25,26)/t13-/m0/s1. The fraction of sp³-hybridized carbons (Fsp3) is 0.471. The maximum Gasteiger partial charge on any atom is 0.416 e. The number of unbranched alkanes of at least 4 members (excludes halogenated alkanes) is 1. The van der Waals surface area contributed by atoms with Gasteiger partial charge >= 0.3 is 18.3 Å². The maximum atomic E-state index is 12.9. The van der Waals surface area contributed by atoms with Crippen LogP contribution in [0.15, 0.2) is 18.2 Å². The van der Waals surface area contributed by atoms with Crippen LogP contribution in [-0.2, 0) is 33.1 Å². The SMILES string of the molecule is COC(=O)[C@H](CCCC#N)NC(=O)Cc1cc(C(F)(F)F)cc(C(F)(F)F)c1. The van der Waals surface area contributed by atoms with Crippen molar-refractivity contribution in [2.75, 3.05) is 7.11 Å². The van der Waals surface area contributed by atoms with Gasteiger partial charge in [-0.05, 0) is 36.6 Å². The first kappa shape index (κ1) is 23.3. The number of nitriles is 1. The highest BCUT2D eigenvalue weighted by atomic mass is 19.4. The molecule has 1 aromatic rings. The number of esters is 1. The predicted octanol–water partition coefficient (Wildman–Crippen LogP) is 3.62. The lowest BCUT2D eigenvalue weighted by Gasteiger charge is -2.17. The van der Waals surface area contributed by atoms with Crippen molar-refractivity contribution in [3.8, 4) is 6.07 Å². The topological polar surface area (TPSA) is 79.2 Å². The predicted molar refractivity (Wildman–Crippen MR) is 83.6 cm³/mol. The molecule has 0 spiro atoms. The Hall–Kier alpha value is -2.77. The van der Waals surface area contributed by atoms with Crippen molar-refractivity contribution < 1.29 is 40.7 Å². The third-order valence-corrected chi connectivity index (χ3v) is 3.61. The number of benzene rings is 1. The van der Waals surface area contributed by atoms with Gasteiger partial charge in [-0.15, -0.1) is 0 Å². The van der Waals surface area contributed by atoms with Crippen LogP contribution >= 0.6 is 0 Å². The van der Waals surface area contributed by atoms with Crippen molar-refractivity contribution >= 4 is 11.9 Å². The molecule has 0 fully saturated rings. The van der Waals surface area contributed by atoms with Crippen LogP contribution < -0.4 is 5.32 Å². The van der Waals surface area contributed by atoms with Gasteiger partial charge in [0.05, 0.1) is 30.7 Å². The molecule has 0 saturated heterocycles. The number of nitrogens with one attached hydrogen (secondary N) is 1. The molecule has 1 N–H and O–H groups in total. The monoisotopic (exact) mass is 410 g/mol. The third-order valence-electron chi connectivity index (χ3n) is 3.61. The summed E-state index contributed by atoms with van der Waals surface area (Å²) < 4.78 is 81.6. The number of rotatable bonds is 7. The van der Waals surface area contributed by atoms with Crippen LogP contribution in [0.5, 0.6) is 0 Å². The summed E-state index contributed by atoms with van der Waals surface area (Å²) in [6.45, 7) is 0. The molecule has 0 heterocycles. The van der Waals surface area contributed by atoms with Crippen LogP contribution in [0.1, 0.15) is 36.0 Å². The van der Waals surface area contributed by atoms with Crippen molar-refractivity contribution in [2.24, 2.45) is 0 Å². The molecule has 154 valence electrons. The van der Waals surface area contributed by atoms with Gasteiger partial charge in [0.1, 0.15) is 6.04 Å². The Balaban J connectivity index is 3.03. The van der Waals surface area contributed by atoms with Gasteiger partial charge in [-0.3, -0.25) is 4.79 Å². The normalized spacial score (nSPS) is 12.8. The van der Waals surface area contributed by atoms with Crippen LogP contribution in [0.4, 0.5) is 26.3 Å². The lowest BCUT2D eigenvalue weighted by molar-refractivity contribution is -0.145. The largest absolute Gasteiger partial charge is 0.467 e. The Morgan fingerprint density at radius 1 is 1.11 bits per heavy atom. The van der Waals surface area contributed by atoms with Gasteiger partial charge in [-0.2, -0.15) is 31.6 Å². The minimum atomic E-state index is -5.03. The number of carbonyl (C=O) groups excluding carboxylic acids is 2. The first-order chi connectivity index (χ1) is 12.9. The number of nitrogens with zero attached hydrogens (tertiary/aromatic N) is 1. The highest BCUT2D eigenvalue weighted by molar-refractivity contribution is 5.85. The molecule has 0 aliphatic rings. The Bertz CT molecular complexity index is 720. The Morgan fingerprint density at radius 2 is 1.64 bits per heavy atom. The third kappa shape index (κ3) is 7.09. The quantitative estimate of drug-likeness (QED) is 0.423. The second kappa shape index (κ2) is 9.43. The molecule has 0 aliphatic carbocycles. The number of methoxy groups -OCH3 is 1. The lowest BCUT2D eigenvalue weighted by atomic mass is 10.0. The minimum Gasteiger partial charge on any atom is -0.467 e. The van der Waals surface area contributed by atoms with E-state index in [0.29, 0.717) is 12.1 Å². The maximum absolute atomic E-state index is 12.9. The van der Waals surface area contributed by atoms with Crippen molar-refractivity contribution in [1.29, 1.82) is 5.26 Å². The van der Waals surface area contributed by atoms with Crippen molar-refractivity contribution in [1.82, 2.24) is 5.32 Å². The summed E-state index contributed by atoms with van der Waals surface area (Å²) in [6, 6.07) is 1.51. The highest BCUT2D eigenvalue weighted by Gasteiger charge is 2.37. The van der Waals surface area contributed by atoms with Crippen molar-refractivity contribution in [3.63, 3.8) is 0 Å². The van der Waals surface area contributed by atoms with Gasteiger partial charge in [0.2, 0.25) is 5.91 Å². The summed E-state index contributed by atoms with van der Waals surface area (Å²) in [5.74, 6) is -1.80. The molecule has 1 atom stereocenters. The molecule has 0 radical (unpaired) electrons. The summed E-state index contributed by atoms with van der Waals surface area (Å²) in [5.41, 5.74) is -3.59. The van der Waals surface area contributed by atoms with Crippen LogP contribution in [0.25, 0.3) is 0 Å². The lowest BCUT2D eigenvalue weighted by Crippen LogP contribution is -2.42. The van der Waals surface area contributed by atoms with Crippen molar-refractivity contribution in [2.45, 2.75) is 44.1 Å². The Kier molecular flexibility index (Phi) is 7.84. The molecule has 0 unspecified atom stereocenters. The van der Waals surface area contributed by atoms with E-state index >= 15 is 0 Å².